The predicted molar refractivity (Wildman–Crippen MR) is 65.7 cm³/mol. The molecule has 6 heteroatoms. The van der Waals surface area contributed by atoms with Crippen LogP contribution in [0.4, 0.5) is 4.79 Å². The summed E-state index contributed by atoms with van der Waals surface area (Å²) >= 11 is 0. The molecule has 6 nitrogen and oxygen atoms in total. The molecule has 0 bridgehead atoms. The SMILES string of the molecule is C=C(C)C(=O)OC(C)CN1C(=O)N(CO)CC1C. The molecule has 0 saturated carbocycles. The van der Waals surface area contributed by atoms with Crippen LogP contribution in [0.1, 0.15) is 20.8 Å². The topological polar surface area (TPSA) is 70.1 Å². The Morgan fingerprint density at radius 2 is 2.28 bits per heavy atom. The number of ether oxygens (including phenoxy) is 1. The molecule has 2 unspecified atom stereocenters. The van der Waals surface area contributed by atoms with Crippen molar-refractivity contribution in [1.82, 2.24) is 9.80 Å². The first-order chi connectivity index (χ1) is 8.36. The van der Waals surface area contributed by atoms with Gasteiger partial charge in [0.15, 0.2) is 0 Å². The minimum absolute atomic E-state index is 0.00405. The molecule has 18 heavy (non-hydrogen) atoms. The summed E-state index contributed by atoms with van der Waals surface area (Å²) in [5.41, 5.74) is 0.333. The smallest absolute Gasteiger partial charge is 0.333 e. The van der Waals surface area contributed by atoms with Crippen molar-refractivity contribution in [2.75, 3.05) is 19.8 Å². The van der Waals surface area contributed by atoms with E-state index in [0.717, 1.165) is 0 Å². The van der Waals surface area contributed by atoms with Crippen LogP contribution < -0.4 is 0 Å². The zero-order valence-corrected chi connectivity index (χ0v) is 11.0. The van der Waals surface area contributed by atoms with E-state index in [4.69, 9.17) is 9.84 Å². The lowest BCUT2D eigenvalue weighted by Gasteiger charge is -2.24. The van der Waals surface area contributed by atoms with E-state index in [1.165, 1.54) is 4.90 Å². The van der Waals surface area contributed by atoms with Crippen LogP contribution in [0.3, 0.4) is 0 Å². The summed E-state index contributed by atoms with van der Waals surface area (Å²) in [5.74, 6) is -0.458. The normalized spacial score (nSPS) is 21.1. The molecule has 0 aromatic carbocycles. The highest BCUT2D eigenvalue weighted by Gasteiger charge is 2.35. The number of hydrogen-bond acceptors (Lipinski definition) is 4. The molecule has 1 N–H and O–H groups in total. The van der Waals surface area contributed by atoms with E-state index in [2.05, 4.69) is 6.58 Å². The van der Waals surface area contributed by atoms with Crippen molar-refractivity contribution >= 4 is 12.0 Å². The zero-order valence-electron chi connectivity index (χ0n) is 11.0. The number of aliphatic hydroxyl groups is 1. The van der Waals surface area contributed by atoms with Gasteiger partial charge in [0.25, 0.3) is 0 Å². The molecule has 2 atom stereocenters. The Kier molecular flexibility index (Phi) is 4.72. The van der Waals surface area contributed by atoms with Crippen LogP contribution >= 0.6 is 0 Å². The van der Waals surface area contributed by atoms with Crippen LogP contribution in [0.25, 0.3) is 0 Å². The van der Waals surface area contributed by atoms with Gasteiger partial charge in [0, 0.05) is 18.2 Å². The molecule has 1 saturated heterocycles. The van der Waals surface area contributed by atoms with E-state index >= 15 is 0 Å². The molecule has 0 aliphatic carbocycles. The Balaban J connectivity index is 2.54. The Morgan fingerprint density at radius 1 is 1.67 bits per heavy atom. The summed E-state index contributed by atoms with van der Waals surface area (Å²) in [6.45, 7) is 9.19. The molecule has 2 amide bonds. The molecule has 102 valence electrons. The maximum Gasteiger partial charge on any atom is 0.333 e. The molecule has 0 aromatic rings. The lowest BCUT2D eigenvalue weighted by Crippen LogP contribution is -2.40. The first-order valence-corrected chi connectivity index (χ1v) is 5.89. The van der Waals surface area contributed by atoms with Crippen molar-refractivity contribution in [1.29, 1.82) is 0 Å². The van der Waals surface area contributed by atoms with Crippen molar-refractivity contribution in [3.8, 4) is 0 Å². The quantitative estimate of drug-likeness (QED) is 0.576. The van der Waals surface area contributed by atoms with Crippen LogP contribution in [0.15, 0.2) is 12.2 Å². The number of esters is 1. The molecule has 1 heterocycles. The number of rotatable bonds is 5. The zero-order chi connectivity index (χ0) is 13.9. The molecule has 1 fully saturated rings. The fourth-order valence-corrected chi connectivity index (χ4v) is 1.84. The summed E-state index contributed by atoms with van der Waals surface area (Å²) in [6, 6.07) is -0.237. The minimum Gasteiger partial charge on any atom is -0.457 e. The van der Waals surface area contributed by atoms with Crippen molar-refractivity contribution in [2.24, 2.45) is 0 Å². The van der Waals surface area contributed by atoms with Gasteiger partial charge in [0.2, 0.25) is 0 Å². The van der Waals surface area contributed by atoms with Gasteiger partial charge in [0.1, 0.15) is 12.8 Å². The van der Waals surface area contributed by atoms with E-state index in [1.807, 2.05) is 6.92 Å². The van der Waals surface area contributed by atoms with Gasteiger partial charge in [-0.05, 0) is 20.8 Å². The van der Waals surface area contributed by atoms with E-state index in [9.17, 15) is 9.59 Å². The fourth-order valence-electron chi connectivity index (χ4n) is 1.84. The van der Waals surface area contributed by atoms with Gasteiger partial charge in [-0.3, -0.25) is 4.90 Å². The maximum atomic E-state index is 11.8. The number of nitrogens with zero attached hydrogens (tertiary/aromatic N) is 2. The lowest BCUT2D eigenvalue weighted by molar-refractivity contribution is -0.144. The van der Waals surface area contributed by atoms with Crippen LogP contribution in [0, 0.1) is 0 Å². The highest BCUT2D eigenvalue weighted by Crippen LogP contribution is 2.16. The van der Waals surface area contributed by atoms with Gasteiger partial charge >= 0.3 is 12.0 Å². The van der Waals surface area contributed by atoms with Crippen LogP contribution in [-0.2, 0) is 9.53 Å². The fraction of sp³-hybridized carbons (Fsp3) is 0.667. The Hall–Kier alpha value is -1.56. The number of carbonyl (C=O) groups is 2. The molecule has 1 aliphatic heterocycles. The van der Waals surface area contributed by atoms with Gasteiger partial charge in [0.05, 0.1) is 6.54 Å². The van der Waals surface area contributed by atoms with Gasteiger partial charge in [-0.25, -0.2) is 9.59 Å². The maximum absolute atomic E-state index is 11.8. The number of carbonyl (C=O) groups excluding carboxylic acids is 2. The third-order valence-corrected chi connectivity index (χ3v) is 2.81. The van der Waals surface area contributed by atoms with Gasteiger partial charge in [-0.1, -0.05) is 6.58 Å². The average Bonchev–Trinajstić information content (AvgIpc) is 2.56. The van der Waals surface area contributed by atoms with Gasteiger partial charge in [-0.15, -0.1) is 0 Å². The molecule has 0 spiro atoms. The highest BCUT2D eigenvalue weighted by molar-refractivity contribution is 5.87. The van der Waals surface area contributed by atoms with Crippen LogP contribution in [0.5, 0.6) is 0 Å². The Bertz CT molecular complexity index is 356. The molecule has 0 aromatic heterocycles. The Labute approximate surface area is 107 Å². The predicted octanol–water partition coefficient (Wildman–Crippen LogP) is 0.570. The summed E-state index contributed by atoms with van der Waals surface area (Å²) in [7, 11) is 0. The molecular formula is C12H20N2O4. The van der Waals surface area contributed by atoms with Crippen molar-refractivity contribution in [3.05, 3.63) is 12.2 Å². The highest BCUT2D eigenvalue weighted by atomic mass is 16.5. The second-order valence-corrected chi connectivity index (χ2v) is 4.64. The number of amides is 2. The number of aliphatic hydroxyl groups excluding tert-OH is 1. The first kappa shape index (κ1) is 14.5. The van der Waals surface area contributed by atoms with E-state index in [1.54, 1.807) is 18.7 Å². The molecule has 0 radical (unpaired) electrons. The van der Waals surface area contributed by atoms with Crippen LogP contribution in [0.2, 0.25) is 0 Å². The molecular weight excluding hydrogens is 236 g/mol. The van der Waals surface area contributed by atoms with E-state index in [0.29, 0.717) is 18.7 Å². The summed E-state index contributed by atoms with van der Waals surface area (Å²) in [4.78, 5) is 26.1. The van der Waals surface area contributed by atoms with E-state index < -0.39 is 12.1 Å². The summed E-state index contributed by atoms with van der Waals surface area (Å²) in [5, 5.41) is 9.01. The lowest BCUT2D eigenvalue weighted by atomic mass is 10.3. The van der Waals surface area contributed by atoms with Crippen LogP contribution in [-0.4, -0.2) is 58.9 Å². The standard InChI is InChI=1S/C12H20N2O4/c1-8(2)11(16)18-10(4)6-14-9(3)5-13(7-15)12(14)17/h9-10,15H,1,5-7H2,2-4H3. The third kappa shape index (κ3) is 3.22. The molecule has 1 rings (SSSR count). The van der Waals surface area contributed by atoms with Crippen molar-refractivity contribution in [3.63, 3.8) is 0 Å². The third-order valence-electron chi connectivity index (χ3n) is 2.81. The van der Waals surface area contributed by atoms with E-state index in [-0.39, 0.29) is 18.8 Å². The summed E-state index contributed by atoms with van der Waals surface area (Å²) < 4.78 is 5.13. The number of hydrogen-bond donors (Lipinski definition) is 1. The van der Waals surface area contributed by atoms with Crippen molar-refractivity contribution < 1.29 is 19.4 Å². The average molecular weight is 256 g/mol. The summed E-state index contributed by atoms with van der Waals surface area (Å²) in [6.07, 6.45) is -0.403. The van der Waals surface area contributed by atoms with Crippen molar-refractivity contribution in [2.45, 2.75) is 32.9 Å². The minimum atomic E-state index is -0.458. The second-order valence-electron chi connectivity index (χ2n) is 4.64. The largest absolute Gasteiger partial charge is 0.457 e. The van der Waals surface area contributed by atoms with Gasteiger partial charge in [-0.2, -0.15) is 0 Å². The number of urea groups is 1. The van der Waals surface area contributed by atoms with Gasteiger partial charge < -0.3 is 14.7 Å². The Morgan fingerprint density at radius 3 is 2.72 bits per heavy atom. The second kappa shape index (κ2) is 5.86. The first-order valence-electron chi connectivity index (χ1n) is 5.89. The molecule has 1 aliphatic rings. The monoisotopic (exact) mass is 256 g/mol.